The number of nitrogens with two attached hydrogens (primary N) is 1. The Morgan fingerprint density at radius 2 is 1.74 bits per heavy atom. The molecule has 0 radical (unpaired) electrons. The normalized spacial score (nSPS) is 23.7. The molecule has 1 aliphatic rings. The zero-order valence-corrected chi connectivity index (χ0v) is 13.0. The highest BCUT2D eigenvalue weighted by molar-refractivity contribution is 5.82. The summed E-state index contributed by atoms with van der Waals surface area (Å²) in [5, 5.41) is 13.3. The highest BCUT2D eigenvalue weighted by atomic mass is 16.3. The van der Waals surface area contributed by atoms with Crippen LogP contribution in [0.2, 0.25) is 0 Å². The number of nitrogens with one attached hydrogen (secondary N) is 1. The zero-order chi connectivity index (χ0) is 14.9. The van der Waals surface area contributed by atoms with Gasteiger partial charge in [-0.15, -0.1) is 0 Å². The van der Waals surface area contributed by atoms with E-state index >= 15 is 0 Å². The fourth-order valence-corrected chi connectivity index (χ4v) is 2.32. The zero-order valence-electron chi connectivity index (χ0n) is 13.0. The van der Waals surface area contributed by atoms with E-state index in [1.165, 1.54) is 0 Å². The second-order valence-electron chi connectivity index (χ2n) is 7.95. The van der Waals surface area contributed by atoms with Crippen LogP contribution in [0.5, 0.6) is 0 Å². The lowest BCUT2D eigenvalue weighted by Gasteiger charge is -2.40. The van der Waals surface area contributed by atoms with Crippen LogP contribution in [0, 0.1) is 10.8 Å². The number of hydrogen-bond acceptors (Lipinski definition) is 3. The summed E-state index contributed by atoms with van der Waals surface area (Å²) in [6.45, 7) is 10.6. The van der Waals surface area contributed by atoms with Crippen molar-refractivity contribution in [2.45, 2.75) is 71.9 Å². The summed E-state index contributed by atoms with van der Waals surface area (Å²) < 4.78 is 0. The first kappa shape index (κ1) is 16.4. The Kier molecular flexibility index (Phi) is 4.68. The second kappa shape index (κ2) is 5.41. The van der Waals surface area contributed by atoms with Gasteiger partial charge >= 0.3 is 0 Å². The molecule has 1 rings (SSSR count). The molecule has 0 spiro atoms. The standard InChI is InChI=1S/C15H30N2O2/c1-13(2,3)11(16)12(18)17-10-15(19)8-6-14(4,5)7-9-15/h11,19H,6-10,16H2,1-5H3,(H,17,18)/t11-/m0/s1. The van der Waals surface area contributed by atoms with E-state index in [1.54, 1.807) is 0 Å². The van der Waals surface area contributed by atoms with Crippen LogP contribution in [0.3, 0.4) is 0 Å². The molecular weight excluding hydrogens is 240 g/mol. The monoisotopic (exact) mass is 270 g/mol. The Balaban J connectivity index is 2.47. The number of rotatable bonds is 3. The second-order valence-corrected chi connectivity index (χ2v) is 7.95. The molecule has 1 saturated carbocycles. The minimum Gasteiger partial charge on any atom is -0.388 e. The predicted octanol–water partition coefficient (Wildman–Crippen LogP) is 1.81. The molecule has 4 N–H and O–H groups in total. The van der Waals surface area contributed by atoms with Crippen LogP contribution in [-0.2, 0) is 4.79 Å². The van der Waals surface area contributed by atoms with Gasteiger partial charge in [0.05, 0.1) is 11.6 Å². The van der Waals surface area contributed by atoms with Crippen LogP contribution in [-0.4, -0.2) is 29.2 Å². The van der Waals surface area contributed by atoms with E-state index in [-0.39, 0.29) is 11.3 Å². The highest BCUT2D eigenvalue weighted by Crippen LogP contribution is 2.39. The molecule has 0 saturated heterocycles. The third-order valence-electron chi connectivity index (χ3n) is 4.34. The Morgan fingerprint density at radius 1 is 1.26 bits per heavy atom. The van der Waals surface area contributed by atoms with Crippen LogP contribution in [0.15, 0.2) is 0 Å². The molecule has 0 bridgehead atoms. The molecule has 112 valence electrons. The smallest absolute Gasteiger partial charge is 0.237 e. The first-order chi connectivity index (χ1) is 8.45. The van der Waals surface area contributed by atoms with Crippen molar-refractivity contribution in [1.82, 2.24) is 5.32 Å². The van der Waals surface area contributed by atoms with E-state index in [2.05, 4.69) is 19.2 Å². The maximum Gasteiger partial charge on any atom is 0.237 e. The van der Waals surface area contributed by atoms with Crippen LogP contribution in [0.4, 0.5) is 0 Å². The fraction of sp³-hybridized carbons (Fsp3) is 0.933. The number of carbonyl (C=O) groups excluding carboxylic acids is 1. The van der Waals surface area contributed by atoms with Crippen LogP contribution >= 0.6 is 0 Å². The maximum absolute atomic E-state index is 12.0. The number of aliphatic hydroxyl groups is 1. The summed E-state index contributed by atoms with van der Waals surface area (Å²) in [5.74, 6) is -0.175. The third kappa shape index (κ3) is 4.77. The largest absolute Gasteiger partial charge is 0.388 e. The molecule has 0 heterocycles. The van der Waals surface area contributed by atoms with Gasteiger partial charge in [0.2, 0.25) is 5.91 Å². The fourth-order valence-electron chi connectivity index (χ4n) is 2.32. The van der Waals surface area contributed by atoms with Crippen LogP contribution in [0.25, 0.3) is 0 Å². The van der Waals surface area contributed by atoms with E-state index in [4.69, 9.17) is 5.73 Å². The van der Waals surface area contributed by atoms with Gasteiger partial charge in [0.1, 0.15) is 0 Å². The van der Waals surface area contributed by atoms with Crippen LogP contribution in [0.1, 0.15) is 60.3 Å². The molecule has 4 heteroatoms. The van der Waals surface area contributed by atoms with Gasteiger partial charge in [-0.25, -0.2) is 0 Å². The Hall–Kier alpha value is -0.610. The van der Waals surface area contributed by atoms with Gasteiger partial charge in [0.25, 0.3) is 0 Å². The van der Waals surface area contributed by atoms with Gasteiger partial charge in [-0.3, -0.25) is 4.79 Å². The van der Waals surface area contributed by atoms with Crippen molar-refractivity contribution >= 4 is 5.91 Å². The van der Waals surface area contributed by atoms with Crippen molar-refractivity contribution in [3.8, 4) is 0 Å². The van der Waals surface area contributed by atoms with Crippen molar-refractivity contribution in [1.29, 1.82) is 0 Å². The SMILES string of the molecule is CC1(C)CCC(O)(CNC(=O)[C@H](N)C(C)(C)C)CC1. The lowest BCUT2D eigenvalue weighted by Crippen LogP contribution is -2.53. The summed E-state index contributed by atoms with van der Waals surface area (Å²) in [6.07, 6.45) is 3.46. The van der Waals surface area contributed by atoms with Crippen molar-refractivity contribution in [2.24, 2.45) is 16.6 Å². The molecule has 1 aliphatic carbocycles. The van der Waals surface area contributed by atoms with E-state index in [0.29, 0.717) is 12.0 Å². The summed E-state index contributed by atoms with van der Waals surface area (Å²) in [4.78, 5) is 12.0. The molecular formula is C15H30N2O2. The molecule has 1 atom stereocenters. The molecule has 4 nitrogen and oxygen atoms in total. The Morgan fingerprint density at radius 3 is 2.16 bits per heavy atom. The summed E-state index contributed by atoms with van der Waals surface area (Å²) in [5.41, 5.74) is 5.18. The van der Waals surface area contributed by atoms with Gasteiger partial charge < -0.3 is 16.2 Å². The molecule has 1 fully saturated rings. The van der Waals surface area contributed by atoms with Gasteiger partial charge in [0.15, 0.2) is 0 Å². The lowest BCUT2D eigenvalue weighted by atomic mass is 9.71. The van der Waals surface area contributed by atoms with E-state index < -0.39 is 11.6 Å². The molecule has 19 heavy (non-hydrogen) atoms. The van der Waals surface area contributed by atoms with Crippen molar-refractivity contribution in [2.75, 3.05) is 6.54 Å². The van der Waals surface area contributed by atoms with Gasteiger partial charge in [0, 0.05) is 6.54 Å². The molecule has 0 unspecified atom stereocenters. The molecule has 1 amide bonds. The summed E-state index contributed by atoms with van der Waals surface area (Å²) >= 11 is 0. The van der Waals surface area contributed by atoms with Gasteiger partial charge in [-0.1, -0.05) is 34.6 Å². The van der Waals surface area contributed by atoms with Crippen LogP contribution < -0.4 is 11.1 Å². The summed E-state index contributed by atoms with van der Waals surface area (Å²) in [6, 6.07) is -0.545. The van der Waals surface area contributed by atoms with Crippen molar-refractivity contribution in [3.63, 3.8) is 0 Å². The molecule has 0 aromatic carbocycles. The number of carbonyl (C=O) groups is 1. The minimum atomic E-state index is -0.761. The first-order valence-corrected chi connectivity index (χ1v) is 7.21. The summed E-state index contributed by atoms with van der Waals surface area (Å²) in [7, 11) is 0. The first-order valence-electron chi connectivity index (χ1n) is 7.21. The predicted molar refractivity (Wildman–Crippen MR) is 77.6 cm³/mol. The van der Waals surface area contributed by atoms with Gasteiger partial charge in [-0.2, -0.15) is 0 Å². The van der Waals surface area contributed by atoms with Gasteiger partial charge in [-0.05, 0) is 36.5 Å². The maximum atomic E-state index is 12.0. The van der Waals surface area contributed by atoms with E-state index in [9.17, 15) is 9.90 Å². The Labute approximate surface area is 117 Å². The Bertz CT molecular complexity index is 322. The minimum absolute atomic E-state index is 0.175. The quantitative estimate of drug-likeness (QED) is 0.732. The van der Waals surface area contributed by atoms with Crippen molar-refractivity contribution < 1.29 is 9.90 Å². The number of hydrogen-bond donors (Lipinski definition) is 3. The average Bonchev–Trinajstić information content (AvgIpc) is 2.29. The molecule has 0 aromatic heterocycles. The molecule has 0 aromatic rings. The third-order valence-corrected chi connectivity index (χ3v) is 4.34. The van der Waals surface area contributed by atoms with E-state index in [0.717, 1.165) is 25.7 Å². The highest BCUT2D eigenvalue weighted by Gasteiger charge is 2.37. The lowest BCUT2D eigenvalue weighted by molar-refractivity contribution is -0.126. The van der Waals surface area contributed by atoms with E-state index in [1.807, 2.05) is 20.8 Å². The number of amides is 1. The average molecular weight is 270 g/mol. The van der Waals surface area contributed by atoms with Crippen molar-refractivity contribution in [3.05, 3.63) is 0 Å². The topological polar surface area (TPSA) is 75.3 Å². The molecule has 0 aliphatic heterocycles.